The van der Waals surface area contributed by atoms with Crippen LogP contribution in [0, 0.1) is 11.3 Å². The Morgan fingerprint density at radius 3 is 2.00 bits per heavy atom. The Hall–Kier alpha value is -1.56. The van der Waals surface area contributed by atoms with E-state index in [4.69, 9.17) is 0 Å². The summed E-state index contributed by atoms with van der Waals surface area (Å²) in [5, 5.41) is 0. The fourth-order valence-electron chi connectivity index (χ4n) is 2.19. The van der Waals surface area contributed by atoms with Crippen LogP contribution in [0.2, 0.25) is 0 Å². The van der Waals surface area contributed by atoms with Gasteiger partial charge in [-0.1, -0.05) is 82.5 Å². The van der Waals surface area contributed by atoms with E-state index in [1.165, 1.54) is 11.1 Å². The summed E-state index contributed by atoms with van der Waals surface area (Å²) in [5.74, 6) is 0.462. The van der Waals surface area contributed by atoms with E-state index in [-0.39, 0.29) is 5.41 Å². The Labute approximate surface area is 119 Å². The Morgan fingerprint density at radius 1 is 1.00 bits per heavy atom. The molecule has 0 N–H and O–H groups in total. The first-order valence-electron chi connectivity index (χ1n) is 6.90. The average Bonchev–Trinajstić information content (AvgIpc) is 2.38. The maximum absolute atomic E-state index is 3.99. The maximum Gasteiger partial charge on any atom is 0.0197 e. The molecule has 0 aromatic rings. The molecule has 0 rings (SSSR count). The lowest BCUT2D eigenvalue weighted by atomic mass is 9.67. The zero-order valence-corrected chi connectivity index (χ0v) is 13.1. The lowest BCUT2D eigenvalue weighted by molar-refractivity contribution is 0.350. The van der Waals surface area contributed by atoms with E-state index < -0.39 is 0 Å². The quantitative estimate of drug-likeness (QED) is 0.488. The smallest absolute Gasteiger partial charge is 0.0197 e. The Bertz CT molecular complexity index is 413. The van der Waals surface area contributed by atoms with Gasteiger partial charge in [0.05, 0.1) is 0 Å². The highest BCUT2D eigenvalue weighted by Crippen LogP contribution is 2.43. The van der Waals surface area contributed by atoms with Gasteiger partial charge in [-0.15, -0.1) is 0 Å². The van der Waals surface area contributed by atoms with Crippen LogP contribution in [0.3, 0.4) is 0 Å². The second kappa shape index (κ2) is 8.53. The second-order valence-electron chi connectivity index (χ2n) is 5.07. The van der Waals surface area contributed by atoms with Gasteiger partial charge in [0.1, 0.15) is 0 Å². The fraction of sp³-hybridized carbons (Fsp3) is 0.368. The van der Waals surface area contributed by atoms with Crippen molar-refractivity contribution in [2.75, 3.05) is 0 Å². The lowest BCUT2D eigenvalue weighted by Crippen LogP contribution is -2.27. The summed E-state index contributed by atoms with van der Waals surface area (Å²) in [5.41, 5.74) is 2.42. The minimum atomic E-state index is -0.0675. The van der Waals surface area contributed by atoms with E-state index >= 15 is 0 Å². The molecular formula is C19H28. The van der Waals surface area contributed by atoms with Crippen LogP contribution < -0.4 is 0 Å². The van der Waals surface area contributed by atoms with Crippen LogP contribution in [0.25, 0.3) is 0 Å². The van der Waals surface area contributed by atoms with Crippen LogP contribution in [-0.2, 0) is 0 Å². The first kappa shape index (κ1) is 17.4. The van der Waals surface area contributed by atoms with Crippen molar-refractivity contribution >= 4 is 0 Å². The van der Waals surface area contributed by atoms with E-state index in [9.17, 15) is 0 Å². The maximum atomic E-state index is 3.99. The van der Waals surface area contributed by atoms with E-state index in [2.05, 4.69) is 64.3 Å². The van der Waals surface area contributed by atoms with Crippen LogP contribution in [0.4, 0.5) is 0 Å². The molecule has 0 aliphatic carbocycles. The Kier molecular flexibility index (Phi) is 7.83. The zero-order valence-electron chi connectivity index (χ0n) is 13.1. The van der Waals surface area contributed by atoms with Crippen molar-refractivity contribution in [2.45, 2.75) is 34.6 Å². The van der Waals surface area contributed by atoms with Crippen molar-refractivity contribution in [1.82, 2.24) is 0 Å². The van der Waals surface area contributed by atoms with Crippen molar-refractivity contribution in [2.24, 2.45) is 11.3 Å². The van der Waals surface area contributed by atoms with Gasteiger partial charge < -0.3 is 0 Å². The number of hydrogen-bond acceptors (Lipinski definition) is 0. The minimum absolute atomic E-state index is 0.0675. The summed E-state index contributed by atoms with van der Waals surface area (Å²) in [7, 11) is 0. The van der Waals surface area contributed by atoms with Crippen LogP contribution in [0.15, 0.2) is 72.9 Å². The molecule has 0 bridgehead atoms. The molecule has 1 unspecified atom stereocenters. The van der Waals surface area contributed by atoms with E-state index in [1.54, 1.807) is 0 Å². The largest absolute Gasteiger partial charge is 0.0991 e. The van der Waals surface area contributed by atoms with Crippen LogP contribution >= 0.6 is 0 Å². The number of hydrogen-bond donors (Lipinski definition) is 0. The molecule has 19 heavy (non-hydrogen) atoms. The molecule has 0 fully saturated rings. The summed E-state index contributed by atoms with van der Waals surface area (Å²) in [4.78, 5) is 0. The van der Waals surface area contributed by atoms with Crippen LogP contribution in [0.1, 0.15) is 34.6 Å². The molecule has 0 saturated carbocycles. The minimum Gasteiger partial charge on any atom is -0.0991 e. The second-order valence-corrected chi connectivity index (χ2v) is 5.07. The molecule has 0 heterocycles. The topological polar surface area (TPSA) is 0 Å². The van der Waals surface area contributed by atoms with E-state index in [0.717, 1.165) is 0 Å². The summed E-state index contributed by atoms with van der Waals surface area (Å²) < 4.78 is 0. The van der Waals surface area contributed by atoms with Gasteiger partial charge in [0.2, 0.25) is 0 Å². The SMILES string of the molecule is C=C/C=C(\C=C/C)C(C)(/C(C=C)=C/C=C\C)C(C)C. The number of allylic oxidation sites excluding steroid dienone is 10. The van der Waals surface area contributed by atoms with Gasteiger partial charge in [-0.2, -0.15) is 0 Å². The zero-order chi connectivity index (χ0) is 14.9. The molecule has 0 radical (unpaired) electrons. The highest BCUT2D eigenvalue weighted by molar-refractivity contribution is 5.43. The van der Waals surface area contributed by atoms with Crippen molar-refractivity contribution in [3.05, 3.63) is 72.9 Å². The third-order valence-corrected chi connectivity index (χ3v) is 3.69. The van der Waals surface area contributed by atoms with Gasteiger partial charge in [-0.25, -0.2) is 0 Å². The molecule has 0 aliphatic rings. The highest BCUT2D eigenvalue weighted by atomic mass is 14.4. The van der Waals surface area contributed by atoms with Crippen molar-refractivity contribution in [1.29, 1.82) is 0 Å². The Balaban J connectivity index is 6.02. The third kappa shape index (κ3) is 4.24. The predicted molar refractivity (Wildman–Crippen MR) is 89.1 cm³/mol. The van der Waals surface area contributed by atoms with Crippen molar-refractivity contribution in [3.8, 4) is 0 Å². The molecule has 0 aromatic carbocycles. The van der Waals surface area contributed by atoms with E-state index in [1.807, 2.05) is 32.1 Å². The standard InChI is InChI=1S/C19H28/c1-8-12-15-17(11-4)19(7,16(5)6)18(13-9-2)14-10-3/h8-16H,2,4H2,1,3,5-7H3/b12-8-,14-10-,17-15+,18-13+. The summed E-state index contributed by atoms with van der Waals surface area (Å²) >= 11 is 0. The van der Waals surface area contributed by atoms with Gasteiger partial charge in [0.25, 0.3) is 0 Å². The van der Waals surface area contributed by atoms with Gasteiger partial charge in [0, 0.05) is 5.41 Å². The van der Waals surface area contributed by atoms with Gasteiger partial charge in [-0.05, 0) is 30.9 Å². The van der Waals surface area contributed by atoms with E-state index in [0.29, 0.717) is 5.92 Å². The van der Waals surface area contributed by atoms with Gasteiger partial charge in [-0.3, -0.25) is 0 Å². The number of rotatable bonds is 7. The molecule has 0 nitrogen and oxygen atoms in total. The molecule has 0 aromatic heterocycles. The lowest BCUT2D eigenvalue weighted by Gasteiger charge is -2.37. The molecule has 0 heteroatoms. The molecule has 0 spiro atoms. The summed E-state index contributed by atoms with van der Waals surface area (Å²) in [6.45, 7) is 18.6. The first-order chi connectivity index (χ1) is 8.98. The molecule has 0 saturated heterocycles. The first-order valence-corrected chi connectivity index (χ1v) is 6.90. The Morgan fingerprint density at radius 2 is 1.63 bits per heavy atom. The van der Waals surface area contributed by atoms with Crippen molar-refractivity contribution in [3.63, 3.8) is 0 Å². The van der Waals surface area contributed by atoms with Crippen LogP contribution in [0.5, 0.6) is 0 Å². The van der Waals surface area contributed by atoms with Gasteiger partial charge in [0.15, 0.2) is 0 Å². The molecule has 0 aliphatic heterocycles. The molecule has 1 atom stereocenters. The van der Waals surface area contributed by atoms with Crippen LogP contribution in [-0.4, -0.2) is 0 Å². The third-order valence-electron chi connectivity index (χ3n) is 3.69. The molecular weight excluding hydrogens is 228 g/mol. The fourth-order valence-corrected chi connectivity index (χ4v) is 2.19. The van der Waals surface area contributed by atoms with Gasteiger partial charge >= 0.3 is 0 Å². The monoisotopic (exact) mass is 256 g/mol. The molecule has 0 amide bonds. The predicted octanol–water partition coefficient (Wildman–Crippen LogP) is 6.03. The average molecular weight is 256 g/mol. The van der Waals surface area contributed by atoms with Crippen molar-refractivity contribution < 1.29 is 0 Å². The normalized spacial score (nSPS) is 17.2. The summed E-state index contributed by atoms with van der Waals surface area (Å²) in [6, 6.07) is 0. The summed E-state index contributed by atoms with van der Waals surface area (Å²) in [6.07, 6.45) is 16.4. The highest BCUT2D eigenvalue weighted by Gasteiger charge is 2.33. The molecule has 104 valence electrons.